The molecule has 0 spiro atoms. The van der Waals surface area contributed by atoms with Crippen molar-refractivity contribution in [3.63, 3.8) is 0 Å². The van der Waals surface area contributed by atoms with E-state index in [1.807, 2.05) is 36.0 Å². The molecule has 64 valence electrons. The smallest absolute Gasteiger partial charge is 0.150 e. The summed E-state index contributed by atoms with van der Waals surface area (Å²) < 4.78 is 0. The molecule has 1 rings (SSSR count). The maximum absolute atomic E-state index is 10.6. The molecular weight excluding hydrogens is 168 g/mol. The maximum atomic E-state index is 10.6. The SMILES string of the molecule is CCSCc1ccccc1C=O. The number of thioether (sulfide) groups is 1. The van der Waals surface area contributed by atoms with Gasteiger partial charge in [-0.1, -0.05) is 31.2 Å². The van der Waals surface area contributed by atoms with Crippen molar-refractivity contribution in [1.82, 2.24) is 0 Å². The first kappa shape index (κ1) is 9.33. The van der Waals surface area contributed by atoms with Crippen molar-refractivity contribution in [2.45, 2.75) is 12.7 Å². The molecule has 0 aliphatic heterocycles. The lowest BCUT2D eigenvalue weighted by molar-refractivity contribution is 0.112. The number of hydrogen-bond donors (Lipinski definition) is 0. The molecule has 1 aromatic carbocycles. The van der Waals surface area contributed by atoms with E-state index >= 15 is 0 Å². The molecule has 0 saturated heterocycles. The van der Waals surface area contributed by atoms with Crippen LogP contribution < -0.4 is 0 Å². The summed E-state index contributed by atoms with van der Waals surface area (Å²) in [6.45, 7) is 2.12. The fourth-order valence-electron chi connectivity index (χ4n) is 0.993. The van der Waals surface area contributed by atoms with E-state index in [1.54, 1.807) is 0 Å². The topological polar surface area (TPSA) is 17.1 Å². The number of carbonyl (C=O) groups excluding carboxylic acids is 1. The quantitative estimate of drug-likeness (QED) is 0.663. The normalized spacial score (nSPS) is 9.75. The molecule has 2 heteroatoms. The van der Waals surface area contributed by atoms with Gasteiger partial charge in [-0.15, -0.1) is 0 Å². The fraction of sp³-hybridized carbons (Fsp3) is 0.300. The van der Waals surface area contributed by atoms with Crippen LogP contribution in [0.2, 0.25) is 0 Å². The van der Waals surface area contributed by atoms with E-state index in [0.29, 0.717) is 0 Å². The van der Waals surface area contributed by atoms with Crippen LogP contribution in [0.1, 0.15) is 22.8 Å². The van der Waals surface area contributed by atoms with E-state index in [4.69, 9.17) is 0 Å². The van der Waals surface area contributed by atoms with Gasteiger partial charge in [0.2, 0.25) is 0 Å². The Kier molecular flexibility index (Phi) is 3.88. The molecule has 0 atom stereocenters. The van der Waals surface area contributed by atoms with Crippen LogP contribution >= 0.6 is 11.8 Å². The Balaban J connectivity index is 2.75. The van der Waals surface area contributed by atoms with Gasteiger partial charge >= 0.3 is 0 Å². The molecule has 0 fully saturated rings. The number of aldehydes is 1. The Morgan fingerprint density at radius 2 is 2.17 bits per heavy atom. The zero-order chi connectivity index (χ0) is 8.81. The minimum atomic E-state index is 0.818. The Bertz CT molecular complexity index is 258. The van der Waals surface area contributed by atoms with E-state index in [0.717, 1.165) is 28.9 Å². The summed E-state index contributed by atoms with van der Waals surface area (Å²) in [7, 11) is 0. The Morgan fingerprint density at radius 1 is 1.42 bits per heavy atom. The molecule has 0 aliphatic rings. The Hall–Kier alpha value is -0.760. The Labute approximate surface area is 77.2 Å². The molecule has 0 bridgehead atoms. The average molecular weight is 180 g/mol. The van der Waals surface area contributed by atoms with Crippen molar-refractivity contribution in [1.29, 1.82) is 0 Å². The summed E-state index contributed by atoms with van der Waals surface area (Å²) in [5.74, 6) is 2.03. The summed E-state index contributed by atoms with van der Waals surface area (Å²) in [4.78, 5) is 10.6. The molecule has 0 saturated carbocycles. The third kappa shape index (κ3) is 2.38. The highest BCUT2D eigenvalue weighted by Gasteiger charge is 1.98. The first-order valence-corrected chi connectivity index (χ1v) is 5.14. The molecular formula is C10H12OS. The van der Waals surface area contributed by atoms with Crippen LogP contribution in [0, 0.1) is 0 Å². The van der Waals surface area contributed by atoms with Crippen molar-refractivity contribution in [2.75, 3.05) is 5.75 Å². The van der Waals surface area contributed by atoms with Gasteiger partial charge in [0.1, 0.15) is 6.29 Å². The lowest BCUT2D eigenvalue weighted by Gasteiger charge is -2.01. The highest BCUT2D eigenvalue weighted by Crippen LogP contribution is 2.14. The predicted octanol–water partition coefficient (Wildman–Crippen LogP) is 2.75. The van der Waals surface area contributed by atoms with E-state index in [2.05, 4.69) is 6.92 Å². The fourth-order valence-corrected chi connectivity index (χ4v) is 1.68. The van der Waals surface area contributed by atoms with Crippen LogP contribution in [-0.4, -0.2) is 12.0 Å². The molecule has 0 aliphatic carbocycles. The first-order chi connectivity index (χ1) is 5.88. The van der Waals surface area contributed by atoms with Gasteiger partial charge in [-0.3, -0.25) is 4.79 Å². The summed E-state index contributed by atoms with van der Waals surface area (Å²) >= 11 is 1.83. The second-order valence-electron chi connectivity index (χ2n) is 2.45. The van der Waals surface area contributed by atoms with Crippen molar-refractivity contribution in [3.05, 3.63) is 35.4 Å². The highest BCUT2D eigenvalue weighted by atomic mass is 32.2. The second-order valence-corrected chi connectivity index (χ2v) is 3.73. The summed E-state index contributed by atoms with van der Waals surface area (Å²) in [6, 6.07) is 7.73. The van der Waals surface area contributed by atoms with Crippen LogP contribution in [0.15, 0.2) is 24.3 Å². The zero-order valence-corrected chi connectivity index (χ0v) is 7.93. The largest absolute Gasteiger partial charge is 0.298 e. The third-order valence-electron chi connectivity index (χ3n) is 1.64. The van der Waals surface area contributed by atoms with Crippen LogP contribution in [0.4, 0.5) is 0 Å². The minimum absolute atomic E-state index is 0.818. The molecule has 0 radical (unpaired) electrons. The van der Waals surface area contributed by atoms with E-state index < -0.39 is 0 Å². The number of carbonyl (C=O) groups is 1. The monoisotopic (exact) mass is 180 g/mol. The summed E-state index contributed by atoms with van der Waals surface area (Å²) in [5.41, 5.74) is 1.96. The van der Waals surface area contributed by atoms with Crippen molar-refractivity contribution in [3.8, 4) is 0 Å². The first-order valence-electron chi connectivity index (χ1n) is 3.99. The van der Waals surface area contributed by atoms with Gasteiger partial charge in [-0.2, -0.15) is 11.8 Å². The highest BCUT2D eigenvalue weighted by molar-refractivity contribution is 7.98. The lowest BCUT2D eigenvalue weighted by atomic mass is 10.1. The van der Waals surface area contributed by atoms with E-state index in [9.17, 15) is 4.79 Å². The van der Waals surface area contributed by atoms with Gasteiger partial charge in [0.05, 0.1) is 0 Å². The average Bonchev–Trinajstić information content (AvgIpc) is 2.15. The van der Waals surface area contributed by atoms with Crippen LogP contribution in [-0.2, 0) is 5.75 Å². The molecule has 1 aromatic rings. The molecule has 0 aromatic heterocycles. The maximum Gasteiger partial charge on any atom is 0.150 e. The predicted molar refractivity (Wildman–Crippen MR) is 53.7 cm³/mol. The minimum Gasteiger partial charge on any atom is -0.298 e. The van der Waals surface area contributed by atoms with Gasteiger partial charge in [0.25, 0.3) is 0 Å². The molecule has 12 heavy (non-hydrogen) atoms. The van der Waals surface area contributed by atoms with Crippen molar-refractivity contribution in [2.24, 2.45) is 0 Å². The second kappa shape index (κ2) is 4.99. The number of benzene rings is 1. The van der Waals surface area contributed by atoms with Gasteiger partial charge in [0, 0.05) is 11.3 Å². The number of rotatable bonds is 4. The summed E-state index contributed by atoms with van der Waals surface area (Å²) in [6.07, 6.45) is 0.922. The Morgan fingerprint density at radius 3 is 2.83 bits per heavy atom. The molecule has 0 amide bonds. The van der Waals surface area contributed by atoms with Gasteiger partial charge in [0.15, 0.2) is 0 Å². The van der Waals surface area contributed by atoms with Gasteiger partial charge in [-0.05, 0) is 11.3 Å². The van der Waals surface area contributed by atoms with E-state index in [1.165, 1.54) is 0 Å². The zero-order valence-electron chi connectivity index (χ0n) is 7.12. The number of hydrogen-bond acceptors (Lipinski definition) is 2. The van der Waals surface area contributed by atoms with Crippen molar-refractivity contribution >= 4 is 18.0 Å². The standard InChI is InChI=1S/C10H12OS/c1-2-12-8-10-6-4-3-5-9(10)7-11/h3-7H,2,8H2,1H3. The van der Waals surface area contributed by atoms with Gasteiger partial charge in [-0.25, -0.2) is 0 Å². The lowest BCUT2D eigenvalue weighted by Crippen LogP contribution is -1.89. The van der Waals surface area contributed by atoms with E-state index in [-0.39, 0.29) is 0 Å². The summed E-state index contributed by atoms with van der Waals surface area (Å²) in [5, 5.41) is 0. The van der Waals surface area contributed by atoms with Crippen LogP contribution in [0.5, 0.6) is 0 Å². The van der Waals surface area contributed by atoms with Crippen molar-refractivity contribution < 1.29 is 4.79 Å². The molecule has 0 N–H and O–H groups in total. The van der Waals surface area contributed by atoms with Gasteiger partial charge < -0.3 is 0 Å². The van der Waals surface area contributed by atoms with Crippen LogP contribution in [0.25, 0.3) is 0 Å². The molecule has 0 unspecified atom stereocenters. The third-order valence-corrected chi connectivity index (χ3v) is 2.57. The van der Waals surface area contributed by atoms with Crippen LogP contribution in [0.3, 0.4) is 0 Å². The molecule has 1 nitrogen and oxygen atoms in total. The molecule has 0 heterocycles.